The highest BCUT2D eigenvalue weighted by atomic mass is 16.3. The van der Waals surface area contributed by atoms with Crippen LogP contribution in [0, 0.1) is 11.3 Å². The van der Waals surface area contributed by atoms with Gasteiger partial charge in [-0.25, -0.2) is 0 Å². The number of nitrogens with zero attached hydrogens (tertiary/aromatic N) is 1. The summed E-state index contributed by atoms with van der Waals surface area (Å²) in [5.41, 5.74) is 1.67. The van der Waals surface area contributed by atoms with E-state index < -0.39 is 6.10 Å². The quantitative estimate of drug-likeness (QED) is 0.789. The zero-order valence-electron chi connectivity index (χ0n) is 9.00. The fraction of sp³-hybridized carbons (Fsp3) is 0.308. The fourth-order valence-electron chi connectivity index (χ4n) is 1.27. The normalized spacial score (nSPS) is 12.6. The van der Waals surface area contributed by atoms with Gasteiger partial charge in [-0.2, -0.15) is 5.26 Å². The van der Waals surface area contributed by atoms with E-state index in [1.165, 1.54) is 0 Å². The Morgan fingerprint density at radius 3 is 2.56 bits per heavy atom. The van der Waals surface area contributed by atoms with Crippen LogP contribution in [-0.2, 0) is 0 Å². The number of hydrogen-bond donors (Lipinski definition) is 2. The van der Waals surface area contributed by atoms with Crippen LogP contribution in [0.5, 0.6) is 0 Å². The van der Waals surface area contributed by atoms with Gasteiger partial charge in [0.15, 0.2) is 0 Å². The van der Waals surface area contributed by atoms with Crippen LogP contribution >= 0.6 is 0 Å². The second-order valence-electron chi connectivity index (χ2n) is 3.55. The molecule has 0 aliphatic carbocycles. The van der Waals surface area contributed by atoms with Crippen molar-refractivity contribution in [3.63, 3.8) is 0 Å². The molecule has 0 fully saturated rings. The zero-order chi connectivity index (χ0) is 11.8. The highest BCUT2D eigenvalue weighted by Crippen LogP contribution is 2.07. The largest absolute Gasteiger partial charge is 0.394 e. The molecule has 1 aromatic carbocycles. The maximum atomic E-state index is 9.10. The van der Waals surface area contributed by atoms with Crippen molar-refractivity contribution in [2.45, 2.75) is 18.9 Å². The van der Waals surface area contributed by atoms with Gasteiger partial charge in [-0.05, 0) is 30.5 Å². The molecule has 0 amide bonds. The SMILES string of the molecule is N#Cc1ccc(C=CCCC(O)CO)cc1. The number of hydrogen-bond acceptors (Lipinski definition) is 3. The predicted molar refractivity (Wildman–Crippen MR) is 62.5 cm³/mol. The molecule has 0 spiro atoms. The topological polar surface area (TPSA) is 64.2 Å². The summed E-state index contributed by atoms with van der Waals surface area (Å²) < 4.78 is 0. The standard InChI is InChI=1S/C13H15NO2/c14-9-12-7-5-11(6-8-12)3-1-2-4-13(16)10-15/h1,3,5-8,13,15-16H,2,4,10H2. The van der Waals surface area contributed by atoms with E-state index in [1.54, 1.807) is 12.1 Å². The van der Waals surface area contributed by atoms with Crippen molar-refractivity contribution in [3.05, 3.63) is 41.5 Å². The van der Waals surface area contributed by atoms with Crippen molar-refractivity contribution < 1.29 is 10.2 Å². The Labute approximate surface area is 95.3 Å². The molecule has 1 unspecified atom stereocenters. The van der Waals surface area contributed by atoms with Crippen LogP contribution < -0.4 is 0 Å². The maximum Gasteiger partial charge on any atom is 0.0991 e. The summed E-state index contributed by atoms with van der Waals surface area (Å²) in [5.74, 6) is 0. The summed E-state index contributed by atoms with van der Waals surface area (Å²) in [6.07, 6.45) is 4.53. The molecule has 3 nitrogen and oxygen atoms in total. The lowest BCUT2D eigenvalue weighted by molar-refractivity contribution is 0.0892. The van der Waals surface area contributed by atoms with Crippen LogP contribution in [0.1, 0.15) is 24.0 Å². The number of benzene rings is 1. The third-order valence-electron chi connectivity index (χ3n) is 2.23. The van der Waals surface area contributed by atoms with E-state index in [4.69, 9.17) is 15.5 Å². The summed E-state index contributed by atoms with van der Waals surface area (Å²) in [5, 5.41) is 26.3. The molecule has 0 radical (unpaired) electrons. The molecule has 1 atom stereocenters. The fourth-order valence-corrected chi connectivity index (χ4v) is 1.27. The van der Waals surface area contributed by atoms with Gasteiger partial charge in [0, 0.05) is 0 Å². The van der Waals surface area contributed by atoms with Gasteiger partial charge in [0.05, 0.1) is 24.3 Å². The number of rotatable bonds is 5. The van der Waals surface area contributed by atoms with Crippen molar-refractivity contribution in [2.24, 2.45) is 0 Å². The first-order chi connectivity index (χ1) is 7.76. The minimum Gasteiger partial charge on any atom is -0.394 e. The van der Waals surface area contributed by atoms with Crippen LogP contribution in [0.4, 0.5) is 0 Å². The molecule has 2 N–H and O–H groups in total. The van der Waals surface area contributed by atoms with Gasteiger partial charge < -0.3 is 10.2 Å². The molecular weight excluding hydrogens is 202 g/mol. The first kappa shape index (κ1) is 12.4. The summed E-state index contributed by atoms with van der Waals surface area (Å²) in [7, 11) is 0. The van der Waals surface area contributed by atoms with Crippen LogP contribution in [0.3, 0.4) is 0 Å². The second kappa shape index (κ2) is 6.78. The van der Waals surface area contributed by atoms with E-state index in [0.717, 1.165) is 12.0 Å². The Morgan fingerprint density at radius 2 is 2.00 bits per heavy atom. The number of allylic oxidation sites excluding steroid dienone is 1. The molecular formula is C13H15NO2. The van der Waals surface area contributed by atoms with Crippen LogP contribution in [0.15, 0.2) is 30.3 Å². The van der Waals surface area contributed by atoms with Crippen molar-refractivity contribution in [3.8, 4) is 6.07 Å². The molecule has 1 aromatic rings. The van der Waals surface area contributed by atoms with Gasteiger partial charge in [0.25, 0.3) is 0 Å². The lowest BCUT2D eigenvalue weighted by Gasteiger charge is -2.02. The minimum atomic E-state index is -0.634. The van der Waals surface area contributed by atoms with E-state index in [9.17, 15) is 0 Å². The van der Waals surface area contributed by atoms with Gasteiger partial charge in [0.1, 0.15) is 0 Å². The van der Waals surface area contributed by atoms with Crippen molar-refractivity contribution in [2.75, 3.05) is 6.61 Å². The lowest BCUT2D eigenvalue weighted by atomic mass is 10.1. The molecule has 16 heavy (non-hydrogen) atoms. The Balaban J connectivity index is 2.41. The molecule has 0 bridgehead atoms. The average molecular weight is 217 g/mol. The van der Waals surface area contributed by atoms with E-state index in [1.807, 2.05) is 24.3 Å². The lowest BCUT2D eigenvalue weighted by Crippen LogP contribution is -2.10. The van der Waals surface area contributed by atoms with Crippen molar-refractivity contribution in [1.82, 2.24) is 0 Å². The Kier molecular flexibility index (Phi) is 5.27. The molecule has 0 aliphatic heterocycles. The number of nitriles is 1. The number of aliphatic hydroxyl groups excluding tert-OH is 2. The zero-order valence-corrected chi connectivity index (χ0v) is 9.00. The maximum absolute atomic E-state index is 9.10. The molecule has 0 saturated carbocycles. The van der Waals surface area contributed by atoms with Gasteiger partial charge in [-0.3, -0.25) is 0 Å². The van der Waals surface area contributed by atoms with E-state index in [-0.39, 0.29) is 6.61 Å². The van der Waals surface area contributed by atoms with Gasteiger partial charge >= 0.3 is 0 Å². The monoisotopic (exact) mass is 217 g/mol. The highest BCUT2D eigenvalue weighted by molar-refractivity contribution is 5.50. The van der Waals surface area contributed by atoms with E-state index in [2.05, 4.69) is 6.07 Å². The second-order valence-corrected chi connectivity index (χ2v) is 3.55. The minimum absolute atomic E-state index is 0.190. The van der Waals surface area contributed by atoms with Crippen molar-refractivity contribution >= 4 is 6.08 Å². The van der Waals surface area contributed by atoms with Gasteiger partial charge in [0.2, 0.25) is 0 Å². The Morgan fingerprint density at radius 1 is 1.31 bits per heavy atom. The molecule has 0 heterocycles. The van der Waals surface area contributed by atoms with Crippen LogP contribution in [0.2, 0.25) is 0 Å². The summed E-state index contributed by atoms with van der Waals surface area (Å²) in [4.78, 5) is 0. The highest BCUT2D eigenvalue weighted by Gasteiger charge is 1.98. The Hall–Kier alpha value is -1.63. The van der Waals surface area contributed by atoms with Gasteiger partial charge in [-0.15, -0.1) is 0 Å². The number of aliphatic hydroxyl groups is 2. The molecule has 84 valence electrons. The third-order valence-corrected chi connectivity index (χ3v) is 2.23. The first-order valence-corrected chi connectivity index (χ1v) is 5.22. The van der Waals surface area contributed by atoms with Crippen LogP contribution in [0.25, 0.3) is 6.08 Å². The van der Waals surface area contributed by atoms with Crippen LogP contribution in [-0.4, -0.2) is 22.9 Å². The molecule has 0 saturated heterocycles. The summed E-state index contributed by atoms with van der Waals surface area (Å²) in [6, 6.07) is 9.34. The predicted octanol–water partition coefficient (Wildman–Crippen LogP) is 1.70. The van der Waals surface area contributed by atoms with E-state index in [0.29, 0.717) is 12.0 Å². The van der Waals surface area contributed by atoms with E-state index >= 15 is 0 Å². The molecule has 3 heteroatoms. The Bertz CT molecular complexity index is 376. The average Bonchev–Trinajstić information content (AvgIpc) is 2.35. The summed E-state index contributed by atoms with van der Waals surface area (Å²) >= 11 is 0. The molecule has 0 aromatic heterocycles. The smallest absolute Gasteiger partial charge is 0.0991 e. The summed E-state index contributed by atoms with van der Waals surface area (Å²) in [6.45, 7) is -0.190. The molecule has 1 rings (SSSR count). The third kappa shape index (κ3) is 4.26. The van der Waals surface area contributed by atoms with Crippen molar-refractivity contribution in [1.29, 1.82) is 5.26 Å². The molecule has 0 aliphatic rings. The first-order valence-electron chi connectivity index (χ1n) is 5.22. The van der Waals surface area contributed by atoms with Gasteiger partial charge in [-0.1, -0.05) is 24.3 Å².